The fourth-order valence-corrected chi connectivity index (χ4v) is 3.98. The summed E-state index contributed by atoms with van der Waals surface area (Å²) in [5.41, 5.74) is 1.58. The Labute approximate surface area is 189 Å². The summed E-state index contributed by atoms with van der Waals surface area (Å²) >= 11 is 0. The molecular weight excluding hydrogens is 428 g/mol. The summed E-state index contributed by atoms with van der Waals surface area (Å²) in [5, 5.41) is 7.59. The largest absolute Gasteiger partial charge is 0.497 e. The number of hydrogen-bond donors (Lipinski definition) is 3. The number of ether oxygens (including phenoxy) is 1. The first-order valence-electron chi connectivity index (χ1n) is 10.4. The van der Waals surface area contributed by atoms with Gasteiger partial charge in [0.25, 0.3) is 11.8 Å². The topological polar surface area (TPSA) is 134 Å². The summed E-state index contributed by atoms with van der Waals surface area (Å²) in [6.45, 7) is 0.214. The van der Waals surface area contributed by atoms with Crippen LogP contribution in [0.1, 0.15) is 39.1 Å². The first-order chi connectivity index (χ1) is 15.9. The molecule has 4 rings (SSSR count). The number of amides is 6. The van der Waals surface area contributed by atoms with E-state index in [4.69, 9.17) is 4.74 Å². The van der Waals surface area contributed by atoms with Crippen LogP contribution >= 0.6 is 0 Å². The molecular formula is C23H22N4O6. The highest BCUT2D eigenvalue weighted by Crippen LogP contribution is 2.30. The molecule has 0 saturated carbocycles. The van der Waals surface area contributed by atoms with Crippen molar-refractivity contribution in [3.05, 3.63) is 59.2 Å². The third-order valence-corrected chi connectivity index (χ3v) is 5.56. The molecule has 33 heavy (non-hydrogen) atoms. The first kappa shape index (κ1) is 22.0. The molecule has 6 amide bonds. The van der Waals surface area contributed by atoms with Gasteiger partial charge in [0.1, 0.15) is 11.8 Å². The molecule has 0 bridgehead atoms. The molecule has 2 aliphatic rings. The number of rotatable bonds is 6. The van der Waals surface area contributed by atoms with Crippen LogP contribution < -0.4 is 20.7 Å². The minimum atomic E-state index is -1.02. The van der Waals surface area contributed by atoms with E-state index in [1.54, 1.807) is 36.4 Å². The Bertz CT molecular complexity index is 1160. The standard InChI is InChI=1S/C23H22N4O6/c1-33-15-6-3-5-14(12-15)25-23(32)24-11-10-13-4-2-7-16-19(13)22(31)27(21(16)30)17-8-9-18(28)26-20(17)29/h2-7,12,17H,8-11H2,1H3,(H2,24,25,32)(H,26,28,29). The highest BCUT2D eigenvalue weighted by Gasteiger charge is 2.45. The van der Waals surface area contributed by atoms with Gasteiger partial charge in [-0.2, -0.15) is 0 Å². The van der Waals surface area contributed by atoms with Gasteiger partial charge in [-0.25, -0.2) is 4.79 Å². The van der Waals surface area contributed by atoms with E-state index in [-0.39, 0.29) is 30.5 Å². The molecule has 2 aromatic carbocycles. The van der Waals surface area contributed by atoms with Gasteiger partial charge in [-0.15, -0.1) is 0 Å². The molecule has 0 radical (unpaired) electrons. The van der Waals surface area contributed by atoms with Crippen molar-refractivity contribution in [3.63, 3.8) is 0 Å². The zero-order chi connectivity index (χ0) is 23.5. The average molecular weight is 450 g/mol. The van der Waals surface area contributed by atoms with Crippen LogP contribution in [0.3, 0.4) is 0 Å². The molecule has 0 aromatic heterocycles. The first-order valence-corrected chi connectivity index (χ1v) is 10.4. The highest BCUT2D eigenvalue weighted by molar-refractivity contribution is 6.24. The van der Waals surface area contributed by atoms with E-state index in [9.17, 15) is 24.0 Å². The second kappa shape index (κ2) is 9.11. The summed E-state index contributed by atoms with van der Waals surface area (Å²) in [6.07, 6.45) is 0.456. The molecule has 0 spiro atoms. The molecule has 1 fully saturated rings. The summed E-state index contributed by atoms with van der Waals surface area (Å²) in [7, 11) is 1.53. The summed E-state index contributed by atoms with van der Waals surface area (Å²) < 4.78 is 5.12. The normalized spacial score (nSPS) is 17.5. The van der Waals surface area contributed by atoms with Gasteiger partial charge >= 0.3 is 6.03 Å². The Hall–Kier alpha value is -4.21. The highest BCUT2D eigenvalue weighted by atomic mass is 16.5. The molecule has 170 valence electrons. The number of carbonyl (C=O) groups is 5. The summed E-state index contributed by atoms with van der Waals surface area (Å²) in [5.74, 6) is -1.60. The Kier molecular flexibility index (Phi) is 6.07. The van der Waals surface area contributed by atoms with Crippen molar-refractivity contribution < 1.29 is 28.7 Å². The molecule has 1 saturated heterocycles. The van der Waals surface area contributed by atoms with Crippen LogP contribution in [0.5, 0.6) is 5.75 Å². The molecule has 2 heterocycles. The Morgan fingerprint density at radius 2 is 1.91 bits per heavy atom. The van der Waals surface area contributed by atoms with Gasteiger partial charge in [-0.1, -0.05) is 18.2 Å². The average Bonchev–Trinajstić information content (AvgIpc) is 3.05. The number of nitrogens with one attached hydrogen (secondary N) is 3. The molecule has 10 nitrogen and oxygen atoms in total. The molecule has 1 unspecified atom stereocenters. The molecule has 1 atom stereocenters. The van der Waals surface area contributed by atoms with Crippen LogP contribution in [-0.4, -0.2) is 54.3 Å². The van der Waals surface area contributed by atoms with Gasteiger partial charge < -0.3 is 15.4 Å². The lowest BCUT2D eigenvalue weighted by Crippen LogP contribution is -2.54. The fraction of sp³-hybridized carbons (Fsp3) is 0.261. The minimum absolute atomic E-state index is 0.0585. The number of benzene rings is 2. The zero-order valence-electron chi connectivity index (χ0n) is 17.8. The van der Waals surface area contributed by atoms with Crippen molar-refractivity contribution in [1.82, 2.24) is 15.5 Å². The van der Waals surface area contributed by atoms with Crippen molar-refractivity contribution in [1.29, 1.82) is 0 Å². The van der Waals surface area contributed by atoms with Crippen molar-refractivity contribution in [2.45, 2.75) is 25.3 Å². The number of methoxy groups -OCH3 is 1. The maximum atomic E-state index is 13.1. The van der Waals surface area contributed by atoms with E-state index in [1.807, 2.05) is 0 Å². The van der Waals surface area contributed by atoms with Crippen LogP contribution in [-0.2, 0) is 16.0 Å². The lowest BCUT2D eigenvalue weighted by atomic mass is 10.0. The number of nitrogens with zero attached hydrogens (tertiary/aromatic N) is 1. The van der Waals surface area contributed by atoms with Crippen molar-refractivity contribution in [3.8, 4) is 5.75 Å². The molecule has 0 aliphatic carbocycles. The van der Waals surface area contributed by atoms with E-state index in [2.05, 4.69) is 16.0 Å². The quantitative estimate of drug-likeness (QED) is 0.571. The maximum Gasteiger partial charge on any atom is 0.319 e. The van der Waals surface area contributed by atoms with Crippen LogP contribution in [0.2, 0.25) is 0 Å². The number of piperidine rings is 1. The van der Waals surface area contributed by atoms with E-state index in [0.29, 0.717) is 23.4 Å². The van der Waals surface area contributed by atoms with Gasteiger partial charge in [0.05, 0.1) is 18.2 Å². The number of hydrogen-bond acceptors (Lipinski definition) is 6. The van der Waals surface area contributed by atoms with E-state index in [0.717, 1.165) is 4.90 Å². The van der Waals surface area contributed by atoms with E-state index < -0.39 is 35.7 Å². The number of imide groups is 2. The minimum Gasteiger partial charge on any atom is -0.497 e. The van der Waals surface area contributed by atoms with E-state index >= 15 is 0 Å². The smallest absolute Gasteiger partial charge is 0.319 e. The van der Waals surface area contributed by atoms with Crippen molar-refractivity contribution in [2.24, 2.45) is 0 Å². The second-order valence-electron chi connectivity index (χ2n) is 7.65. The molecule has 10 heteroatoms. The fourth-order valence-electron chi connectivity index (χ4n) is 3.98. The number of fused-ring (bicyclic) bond motifs is 1. The Morgan fingerprint density at radius 3 is 2.67 bits per heavy atom. The monoisotopic (exact) mass is 450 g/mol. The lowest BCUT2D eigenvalue weighted by Gasteiger charge is -2.27. The maximum absolute atomic E-state index is 13.1. The summed E-state index contributed by atoms with van der Waals surface area (Å²) in [6, 6.07) is 10.4. The van der Waals surface area contributed by atoms with Gasteiger partial charge in [0, 0.05) is 24.7 Å². The Balaban J connectivity index is 1.42. The van der Waals surface area contributed by atoms with Crippen LogP contribution in [0, 0.1) is 0 Å². The lowest BCUT2D eigenvalue weighted by molar-refractivity contribution is -0.136. The Morgan fingerprint density at radius 1 is 1.12 bits per heavy atom. The molecule has 2 aliphatic heterocycles. The van der Waals surface area contributed by atoms with Crippen LogP contribution in [0.25, 0.3) is 0 Å². The van der Waals surface area contributed by atoms with Gasteiger partial charge in [0.2, 0.25) is 11.8 Å². The summed E-state index contributed by atoms with van der Waals surface area (Å²) in [4.78, 5) is 62.7. The van der Waals surface area contributed by atoms with E-state index in [1.165, 1.54) is 13.2 Å². The number of carbonyl (C=O) groups excluding carboxylic acids is 5. The molecule has 3 N–H and O–H groups in total. The number of urea groups is 1. The predicted molar refractivity (Wildman–Crippen MR) is 117 cm³/mol. The SMILES string of the molecule is COc1cccc(NC(=O)NCCc2cccc3c2C(=O)N(C2CCC(=O)NC2=O)C3=O)c1. The number of anilines is 1. The third kappa shape index (κ3) is 4.40. The predicted octanol–water partition coefficient (Wildman–Crippen LogP) is 1.46. The second-order valence-corrected chi connectivity index (χ2v) is 7.65. The van der Waals surface area contributed by atoms with Gasteiger partial charge in [-0.3, -0.25) is 29.4 Å². The third-order valence-electron chi connectivity index (χ3n) is 5.56. The van der Waals surface area contributed by atoms with Crippen molar-refractivity contribution in [2.75, 3.05) is 19.0 Å². The van der Waals surface area contributed by atoms with Gasteiger partial charge in [-0.05, 0) is 36.6 Å². The zero-order valence-corrected chi connectivity index (χ0v) is 17.8. The van der Waals surface area contributed by atoms with Gasteiger partial charge in [0.15, 0.2) is 0 Å². The molecule has 2 aromatic rings. The van der Waals surface area contributed by atoms with Crippen LogP contribution in [0.15, 0.2) is 42.5 Å². The van der Waals surface area contributed by atoms with Crippen molar-refractivity contribution >= 4 is 35.3 Å². The van der Waals surface area contributed by atoms with Crippen LogP contribution in [0.4, 0.5) is 10.5 Å².